The third-order valence-corrected chi connectivity index (χ3v) is 5.38. The first-order valence-electron chi connectivity index (χ1n) is 7.24. The predicted octanol–water partition coefficient (Wildman–Crippen LogP) is 1.52. The van der Waals surface area contributed by atoms with Crippen molar-refractivity contribution in [3.05, 3.63) is 59.7 Å². The normalized spacial score (nSPS) is 11.0. The summed E-state index contributed by atoms with van der Waals surface area (Å²) in [5.41, 5.74) is 0.299. The molecule has 0 saturated heterocycles. The van der Waals surface area contributed by atoms with Crippen molar-refractivity contribution in [1.29, 1.82) is 0 Å². The molecule has 152 valence electrons. The molecule has 28 heavy (non-hydrogen) atoms. The second-order valence-electron chi connectivity index (χ2n) is 5.02. The van der Waals surface area contributed by atoms with Gasteiger partial charge in [-0.15, -0.1) is 0 Å². The van der Waals surface area contributed by atoms with Gasteiger partial charge in [0.25, 0.3) is 9.05 Å². The zero-order valence-corrected chi connectivity index (χ0v) is 17.0. The topological polar surface area (TPSA) is 147 Å². The van der Waals surface area contributed by atoms with E-state index in [0.717, 1.165) is 6.07 Å². The van der Waals surface area contributed by atoms with E-state index < -0.39 is 31.0 Å². The van der Waals surface area contributed by atoms with E-state index in [-0.39, 0.29) is 20.9 Å². The Bertz CT molecular complexity index is 994. The van der Waals surface area contributed by atoms with Gasteiger partial charge in [0.1, 0.15) is 0 Å². The first kappa shape index (κ1) is 23.6. The van der Waals surface area contributed by atoms with E-state index in [4.69, 9.17) is 15.8 Å². The second-order valence-corrected chi connectivity index (χ2v) is 9.15. The lowest BCUT2D eigenvalue weighted by atomic mass is 10.2. The highest BCUT2D eigenvalue weighted by Crippen LogP contribution is 2.16. The maximum atomic E-state index is 11.0. The Morgan fingerprint density at radius 2 is 1.21 bits per heavy atom. The first-order chi connectivity index (χ1) is 12.9. The van der Waals surface area contributed by atoms with Gasteiger partial charge in [-0.05, 0) is 36.4 Å². The van der Waals surface area contributed by atoms with E-state index >= 15 is 0 Å². The van der Waals surface area contributed by atoms with Crippen LogP contribution in [0.1, 0.15) is 20.7 Å². The highest BCUT2D eigenvalue weighted by molar-refractivity contribution is 8.13. The first-order valence-corrected chi connectivity index (χ1v) is 11.1. The molecule has 0 radical (unpaired) electrons. The summed E-state index contributed by atoms with van der Waals surface area (Å²) in [6.07, 6.45) is 0. The maximum Gasteiger partial charge on any atom is 0.337 e. The number of halogens is 1. The Balaban J connectivity index is 0.000000280. The van der Waals surface area contributed by atoms with E-state index in [1.165, 1.54) is 56.7 Å². The molecule has 0 aliphatic carbocycles. The number of ether oxygens (including phenoxy) is 2. The molecule has 2 aromatic rings. The SMILES string of the molecule is COC(=O)c1cccc(S(=O)(=O)Cl)c1.COC(=O)c1cccc(S(N)(=O)=O)c1. The molecule has 2 aromatic carbocycles. The molecule has 2 N–H and O–H groups in total. The third kappa shape index (κ3) is 6.93. The number of benzene rings is 2. The van der Waals surface area contributed by atoms with Gasteiger partial charge in [0.2, 0.25) is 10.0 Å². The lowest BCUT2D eigenvalue weighted by Gasteiger charge is -2.01. The average molecular weight is 450 g/mol. The van der Waals surface area contributed by atoms with Crippen LogP contribution in [0.4, 0.5) is 0 Å². The summed E-state index contributed by atoms with van der Waals surface area (Å²) < 4.78 is 52.5. The number of methoxy groups -OCH3 is 2. The summed E-state index contributed by atoms with van der Waals surface area (Å²) in [6, 6.07) is 10.7. The molecule has 0 atom stereocenters. The van der Waals surface area contributed by atoms with Crippen molar-refractivity contribution in [3.8, 4) is 0 Å². The smallest absolute Gasteiger partial charge is 0.337 e. The van der Waals surface area contributed by atoms with E-state index in [1.807, 2.05) is 0 Å². The molecule has 0 aromatic heterocycles. The summed E-state index contributed by atoms with van der Waals surface area (Å²) in [7, 11) is -0.0522. The lowest BCUT2D eigenvalue weighted by molar-refractivity contribution is 0.0591. The van der Waals surface area contributed by atoms with Gasteiger partial charge in [0.05, 0.1) is 35.1 Å². The Morgan fingerprint density at radius 1 is 0.821 bits per heavy atom. The largest absolute Gasteiger partial charge is 0.465 e. The number of sulfonamides is 1. The van der Waals surface area contributed by atoms with Crippen LogP contribution in [0.15, 0.2) is 58.3 Å². The van der Waals surface area contributed by atoms with Crippen molar-refractivity contribution in [2.24, 2.45) is 5.14 Å². The average Bonchev–Trinajstić information content (AvgIpc) is 2.66. The van der Waals surface area contributed by atoms with E-state index in [1.54, 1.807) is 0 Å². The molecule has 0 spiro atoms. The molecule has 0 bridgehead atoms. The Hall–Kier alpha value is -2.47. The number of hydrogen-bond acceptors (Lipinski definition) is 8. The van der Waals surface area contributed by atoms with Gasteiger partial charge < -0.3 is 9.47 Å². The van der Waals surface area contributed by atoms with Crippen LogP contribution in [0.2, 0.25) is 0 Å². The molecule has 0 heterocycles. The van der Waals surface area contributed by atoms with Crippen molar-refractivity contribution in [2.45, 2.75) is 9.79 Å². The number of hydrogen-bond donors (Lipinski definition) is 1. The fraction of sp³-hybridized carbons (Fsp3) is 0.125. The minimum absolute atomic E-state index is 0.111. The van der Waals surface area contributed by atoms with Crippen LogP contribution in [0.3, 0.4) is 0 Å². The minimum Gasteiger partial charge on any atom is -0.465 e. The van der Waals surface area contributed by atoms with Gasteiger partial charge in [-0.3, -0.25) is 0 Å². The molecule has 9 nitrogen and oxygen atoms in total. The van der Waals surface area contributed by atoms with Crippen molar-refractivity contribution in [3.63, 3.8) is 0 Å². The zero-order valence-electron chi connectivity index (χ0n) is 14.7. The number of carbonyl (C=O) groups excluding carboxylic acids is 2. The molecule has 2 rings (SSSR count). The fourth-order valence-corrected chi connectivity index (χ4v) is 3.17. The monoisotopic (exact) mass is 449 g/mol. The summed E-state index contributed by atoms with van der Waals surface area (Å²) >= 11 is 0. The van der Waals surface area contributed by atoms with Gasteiger partial charge in [0, 0.05) is 10.7 Å². The van der Waals surface area contributed by atoms with Gasteiger partial charge in [0.15, 0.2) is 0 Å². The molecular weight excluding hydrogens is 434 g/mol. The molecular formula is C16H16ClNO8S2. The molecule has 0 aliphatic rings. The number of carbonyl (C=O) groups is 2. The lowest BCUT2D eigenvalue weighted by Crippen LogP contribution is -2.13. The van der Waals surface area contributed by atoms with Gasteiger partial charge in [-0.2, -0.15) is 0 Å². The van der Waals surface area contributed by atoms with Crippen LogP contribution >= 0.6 is 10.7 Å². The van der Waals surface area contributed by atoms with Gasteiger partial charge in [-0.1, -0.05) is 12.1 Å². The minimum atomic E-state index is -3.80. The fourth-order valence-electron chi connectivity index (χ4n) is 1.81. The van der Waals surface area contributed by atoms with Crippen LogP contribution in [0.5, 0.6) is 0 Å². The molecule has 12 heteroatoms. The number of primary sulfonamides is 1. The molecule has 0 fully saturated rings. The van der Waals surface area contributed by atoms with Crippen LogP contribution in [0.25, 0.3) is 0 Å². The number of esters is 2. The highest BCUT2D eigenvalue weighted by Gasteiger charge is 2.13. The summed E-state index contributed by atoms with van der Waals surface area (Å²) in [6.45, 7) is 0. The Kier molecular flexibility index (Phi) is 8.12. The maximum absolute atomic E-state index is 11.0. The highest BCUT2D eigenvalue weighted by atomic mass is 35.7. The molecule has 0 saturated carbocycles. The van der Waals surface area contributed by atoms with E-state index in [9.17, 15) is 26.4 Å². The Labute approximate surface area is 166 Å². The van der Waals surface area contributed by atoms with Crippen molar-refractivity contribution >= 4 is 41.7 Å². The Morgan fingerprint density at radius 3 is 1.57 bits per heavy atom. The van der Waals surface area contributed by atoms with Gasteiger partial charge in [-0.25, -0.2) is 31.6 Å². The molecule has 0 unspecified atom stereocenters. The number of nitrogens with two attached hydrogens (primary N) is 1. The van der Waals surface area contributed by atoms with Gasteiger partial charge >= 0.3 is 11.9 Å². The summed E-state index contributed by atoms with van der Waals surface area (Å²) in [4.78, 5) is 21.8. The molecule has 0 amide bonds. The van der Waals surface area contributed by atoms with Crippen molar-refractivity contribution in [1.82, 2.24) is 0 Å². The summed E-state index contributed by atoms with van der Waals surface area (Å²) in [5, 5.41) is 4.89. The van der Waals surface area contributed by atoms with Crippen molar-refractivity contribution in [2.75, 3.05) is 14.2 Å². The van der Waals surface area contributed by atoms with E-state index in [2.05, 4.69) is 9.47 Å². The van der Waals surface area contributed by atoms with Crippen LogP contribution < -0.4 is 5.14 Å². The third-order valence-electron chi connectivity index (χ3n) is 3.12. The van der Waals surface area contributed by atoms with Crippen molar-refractivity contribution < 1.29 is 35.9 Å². The van der Waals surface area contributed by atoms with E-state index in [0.29, 0.717) is 0 Å². The number of rotatable bonds is 4. The zero-order chi connectivity index (χ0) is 21.5. The molecule has 0 aliphatic heterocycles. The van der Waals surface area contributed by atoms with Crippen LogP contribution in [0, 0.1) is 0 Å². The van der Waals surface area contributed by atoms with Crippen LogP contribution in [-0.4, -0.2) is 43.0 Å². The summed E-state index contributed by atoms with van der Waals surface area (Å²) in [5.74, 6) is -1.21. The predicted molar refractivity (Wildman–Crippen MR) is 100.0 cm³/mol. The standard InChI is InChI=1S/C8H7ClO4S.C8H9NO4S/c2*1-13-8(10)6-3-2-4-7(5-6)14(9,11)12/h2-5H,1H3;2-5H,1H3,(H2,9,11,12). The quantitative estimate of drug-likeness (QED) is 0.545. The second kappa shape index (κ2) is 9.64. The van der Waals surface area contributed by atoms with Crippen LogP contribution in [-0.2, 0) is 28.5 Å².